The molecule has 0 saturated carbocycles. The molecule has 4 nitrogen and oxygen atoms in total. The number of nitrogens with one attached hydrogen (secondary N) is 1. The number of hydrogen-bond donors (Lipinski definition) is 1. The van der Waals surface area contributed by atoms with Crippen molar-refractivity contribution in [2.45, 2.75) is 13.0 Å². The van der Waals surface area contributed by atoms with Gasteiger partial charge in [0.05, 0.1) is 10.7 Å². The predicted molar refractivity (Wildman–Crippen MR) is 88.2 cm³/mol. The summed E-state index contributed by atoms with van der Waals surface area (Å²) in [5.41, 5.74) is 0.141. The third-order valence-electron chi connectivity index (χ3n) is 2.89. The fourth-order valence-corrected chi connectivity index (χ4v) is 2.43. The zero-order chi connectivity index (χ0) is 15.6. The monoisotopic (exact) mass is 388 g/mol. The van der Waals surface area contributed by atoms with Crippen LogP contribution in [0, 0.1) is 0 Å². The molecular weight excluding hydrogens is 379 g/mol. The molecule has 0 fully saturated rings. The number of carbonyl (C=O) groups is 1. The number of benzene rings is 1. The van der Waals surface area contributed by atoms with Gasteiger partial charge in [-0.1, -0.05) is 23.2 Å². The minimum Gasteiger partial charge on any atom is -0.323 e. The molecule has 1 amide bonds. The first kappa shape index (κ1) is 16.1. The minimum absolute atomic E-state index is 0.266. The molecule has 1 aromatic carbocycles. The van der Waals surface area contributed by atoms with Gasteiger partial charge in [0.25, 0.3) is 5.56 Å². The molecular formula is C14H11BrCl2N2O2. The van der Waals surface area contributed by atoms with Gasteiger partial charge in [0.2, 0.25) is 5.91 Å². The number of anilines is 1. The van der Waals surface area contributed by atoms with Crippen molar-refractivity contribution < 1.29 is 4.79 Å². The van der Waals surface area contributed by atoms with Gasteiger partial charge in [-0.15, -0.1) is 0 Å². The lowest BCUT2D eigenvalue weighted by molar-refractivity contribution is -0.118. The van der Waals surface area contributed by atoms with Crippen LogP contribution in [-0.2, 0) is 4.79 Å². The van der Waals surface area contributed by atoms with Gasteiger partial charge in [0.1, 0.15) is 6.04 Å². The Kier molecular flexibility index (Phi) is 5.08. The highest BCUT2D eigenvalue weighted by Gasteiger charge is 2.17. The van der Waals surface area contributed by atoms with Crippen molar-refractivity contribution in [3.05, 3.63) is 61.4 Å². The quantitative estimate of drug-likeness (QED) is 0.858. The van der Waals surface area contributed by atoms with Crippen molar-refractivity contribution in [2.75, 3.05) is 5.32 Å². The van der Waals surface area contributed by atoms with Gasteiger partial charge in [-0.3, -0.25) is 9.59 Å². The van der Waals surface area contributed by atoms with Crippen LogP contribution in [0.5, 0.6) is 0 Å². The molecule has 1 atom stereocenters. The molecule has 0 aliphatic heterocycles. The van der Waals surface area contributed by atoms with E-state index in [4.69, 9.17) is 23.2 Å². The highest BCUT2D eigenvalue weighted by Crippen LogP contribution is 2.26. The predicted octanol–water partition coefficient (Wildman–Crippen LogP) is 4.12. The molecule has 1 aromatic heterocycles. The molecule has 110 valence electrons. The maximum atomic E-state index is 12.3. The van der Waals surface area contributed by atoms with Gasteiger partial charge in [-0.25, -0.2) is 0 Å². The Balaban J connectivity index is 2.25. The Morgan fingerprint density at radius 2 is 2.00 bits per heavy atom. The first-order valence-electron chi connectivity index (χ1n) is 6.02. The number of hydrogen-bond acceptors (Lipinski definition) is 2. The second kappa shape index (κ2) is 6.64. The van der Waals surface area contributed by atoms with E-state index < -0.39 is 6.04 Å². The normalized spacial score (nSPS) is 12.0. The Hall–Kier alpha value is -1.30. The third kappa shape index (κ3) is 3.87. The van der Waals surface area contributed by atoms with E-state index in [-0.39, 0.29) is 11.5 Å². The molecule has 21 heavy (non-hydrogen) atoms. The smallest absolute Gasteiger partial charge is 0.251 e. The number of halogens is 3. The summed E-state index contributed by atoms with van der Waals surface area (Å²) in [5, 5.41) is 3.50. The van der Waals surface area contributed by atoms with Crippen LogP contribution in [0.1, 0.15) is 13.0 Å². The minimum atomic E-state index is -0.690. The van der Waals surface area contributed by atoms with E-state index in [0.29, 0.717) is 20.2 Å². The van der Waals surface area contributed by atoms with Crippen LogP contribution in [0.4, 0.5) is 5.69 Å². The van der Waals surface area contributed by atoms with Crippen molar-refractivity contribution >= 4 is 50.7 Å². The molecule has 0 aliphatic carbocycles. The summed E-state index contributed by atoms with van der Waals surface area (Å²) in [7, 11) is 0. The fraction of sp³-hybridized carbons (Fsp3) is 0.143. The Bertz CT molecular complexity index is 746. The summed E-state index contributed by atoms with van der Waals surface area (Å²) >= 11 is 15.1. The Morgan fingerprint density at radius 1 is 1.29 bits per heavy atom. The van der Waals surface area contributed by atoms with Crippen LogP contribution in [-0.4, -0.2) is 10.5 Å². The molecule has 1 N–H and O–H groups in total. The largest absolute Gasteiger partial charge is 0.323 e. The summed E-state index contributed by atoms with van der Waals surface area (Å²) in [5.74, 6) is -0.362. The lowest BCUT2D eigenvalue weighted by atomic mass is 10.2. The average molecular weight is 390 g/mol. The molecule has 1 heterocycles. The van der Waals surface area contributed by atoms with E-state index in [2.05, 4.69) is 21.2 Å². The molecule has 7 heteroatoms. The van der Waals surface area contributed by atoms with Gasteiger partial charge in [0, 0.05) is 21.8 Å². The lowest BCUT2D eigenvalue weighted by Crippen LogP contribution is -2.30. The van der Waals surface area contributed by atoms with Crippen molar-refractivity contribution in [1.82, 2.24) is 4.57 Å². The van der Waals surface area contributed by atoms with E-state index >= 15 is 0 Å². The second-order valence-electron chi connectivity index (χ2n) is 4.38. The molecule has 2 aromatic rings. The fourth-order valence-electron chi connectivity index (χ4n) is 1.74. The maximum Gasteiger partial charge on any atom is 0.251 e. The van der Waals surface area contributed by atoms with Crippen LogP contribution in [0.3, 0.4) is 0 Å². The first-order chi connectivity index (χ1) is 9.88. The van der Waals surface area contributed by atoms with Gasteiger partial charge in [-0.05, 0) is 47.1 Å². The number of nitrogens with zero attached hydrogens (tertiary/aromatic N) is 1. The van der Waals surface area contributed by atoms with Crippen LogP contribution >= 0.6 is 39.1 Å². The van der Waals surface area contributed by atoms with Crippen molar-refractivity contribution in [3.8, 4) is 0 Å². The van der Waals surface area contributed by atoms with Gasteiger partial charge >= 0.3 is 0 Å². The zero-order valence-electron chi connectivity index (χ0n) is 10.9. The van der Waals surface area contributed by atoms with E-state index in [1.165, 1.54) is 10.6 Å². The van der Waals surface area contributed by atoms with E-state index in [0.717, 1.165) is 0 Å². The average Bonchev–Trinajstić information content (AvgIpc) is 2.44. The van der Waals surface area contributed by atoms with Gasteiger partial charge < -0.3 is 9.88 Å². The third-order valence-corrected chi connectivity index (χ3v) is 3.92. The number of aromatic nitrogens is 1. The van der Waals surface area contributed by atoms with Crippen LogP contribution in [0.15, 0.2) is 45.8 Å². The molecule has 0 radical (unpaired) electrons. The van der Waals surface area contributed by atoms with Crippen LogP contribution in [0.25, 0.3) is 0 Å². The molecule has 0 bridgehead atoms. The van der Waals surface area contributed by atoms with Crippen molar-refractivity contribution in [2.24, 2.45) is 0 Å². The number of rotatable bonds is 3. The number of pyridine rings is 1. The van der Waals surface area contributed by atoms with E-state index in [1.807, 2.05) is 0 Å². The Morgan fingerprint density at radius 3 is 2.71 bits per heavy atom. The van der Waals surface area contributed by atoms with Gasteiger partial charge in [-0.2, -0.15) is 0 Å². The lowest BCUT2D eigenvalue weighted by Gasteiger charge is -2.16. The summed E-state index contributed by atoms with van der Waals surface area (Å²) < 4.78 is 2.04. The molecule has 2 rings (SSSR count). The van der Waals surface area contributed by atoms with Crippen LogP contribution in [0.2, 0.25) is 10.0 Å². The number of amides is 1. The molecule has 0 spiro atoms. The van der Waals surface area contributed by atoms with E-state index in [1.54, 1.807) is 37.4 Å². The molecule has 1 unspecified atom stereocenters. The SMILES string of the molecule is CC(C(=O)Nc1cc(Cl)ccc1Cl)n1cc(Br)ccc1=O. The molecule has 0 aliphatic rings. The Labute approximate surface area is 139 Å². The van der Waals surface area contributed by atoms with Crippen molar-refractivity contribution in [3.63, 3.8) is 0 Å². The summed E-state index contributed by atoms with van der Waals surface area (Å²) in [6.45, 7) is 1.63. The standard InChI is InChI=1S/C14H11BrCl2N2O2/c1-8(19-7-9(15)2-5-13(19)20)14(21)18-12-6-10(16)3-4-11(12)17/h2-8H,1H3,(H,18,21). The highest BCUT2D eigenvalue weighted by molar-refractivity contribution is 9.10. The molecule has 0 saturated heterocycles. The first-order valence-corrected chi connectivity index (χ1v) is 7.57. The summed E-state index contributed by atoms with van der Waals surface area (Å²) in [6.07, 6.45) is 1.56. The maximum absolute atomic E-state index is 12.3. The summed E-state index contributed by atoms with van der Waals surface area (Å²) in [4.78, 5) is 24.1. The van der Waals surface area contributed by atoms with Crippen LogP contribution < -0.4 is 10.9 Å². The summed E-state index contributed by atoms with van der Waals surface area (Å²) in [6, 6.07) is 7.09. The zero-order valence-corrected chi connectivity index (χ0v) is 14.0. The van der Waals surface area contributed by atoms with Crippen molar-refractivity contribution in [1.29, 1.82) is 0 Å². The number of carbonyl (C=O) groups excluding carboxylic acids is 1. The second-order valence-corrected chi connectivity index (χ2v) is 6.14. The highest BCUT2D eigenvalue weighted by atomic mass is 79.9. The van der Waals surface area contributed by atoms with E-state index in [9.17, 15) is 9.59 Å². The topological polar surface area (TPSA) is 51.1 Å². The van der Waals surface area contributed by atoms with Gasteiger partial charge in [0.15, 0.2) is 0 Å².